The number of carbonyl (C=O) groups excluding carboxylic acids is 3. The van der Waals surface area contributed by atoms with E-state index < -0.39 is 30.0 Å². The van der Waals surface area contributed by atoms with Crippen molar-refractivity contribution >= 4 is 17.7 Å². The summed E-state index contributed by atoms with van der Waals surface area (Å²) in [6.45, 7) is 7.35. The van der Waals surface area contributed by atoms with Crippen LogP contribution in [0.4, 0.5) is 0 Å². The second-order valence-corrected chi connectivity index (χ2v) is 10.9. The van der Waals surface area contributed by atoms with Gasteiger partial charge >= 0.3 is 0 Å². The van der Waals surface area contributed by atoms with Crippen LogP contribution in [0.2, 0.25) is 0 Å². The van der Waals surface area contributed by atoms with Crippen LogP contribution in [0.15, 0.2) is 0 Å². The standard InChI is InChI=1S/C25H46N4O4/c1-14(2)20(26)24(32)29-25(33)22(15(3)4)28-23(31)18-12-6-9-16(18)8-5-10-17-11-7-13-19(30)21(17)27/h14-22,30H,5-13,26-27H2,1-4H3,(H,28,31)(H,29,32,33)/t16?,17?,18-,19+,20+,21+,22-/m1/s1. The Balaban J connectivity index is 1.88. The van der Waals surface area contributed by atoms with Crippen molar-refractivity contribution in [1.82, 2.24) is 10.6 Å². The number of aliphatic hydroxyl groups excluding tert-OH is 1. The van der Waals surface area contributed by atoms with Crippen LogP contribution in [0.1, 0.15) is 85.5 Å². The number of rotatable bonds is 10. The quantitative estimate of drug-likeness (QED) is 0.332. The van der Waals surface area contributed by atoms with Crippen LogP contribution < -0.4 is 22.1 Å². The third-order valence-electron chi connectivity index (χ3n) is 7.72. The molecule has 0 aromatic heterocycles. The van der Waals surface area contributed by atoms with Crippen molar-refractivity contribution in [1.29, 1.82) is 0 Å². The van der Waals surface area contributed by atoms with E-state index in [1.165, 1.54) is 0 Å². The highest BCUT2D eigenvalue weighted by Crippen LogP contribution is 2.37. The molecule has 0 heterocycles. The SMILES string of the molecule is CC(C)[C@H](N)C(=O)NC(=O)[C@H](NC(=O)[C@@H]1CCCC1CCCC1CCC[C@H](O)[C@H]1N)C(C)C. The maximum absolute atomic E-state index is 13.1. The molecule has 2 fully saturated rings. The first kappa shape index (κ1) is 27.7. The highest BCUT2D eigenvalue weighted by Gasteiger charge is 2.36. The first-order chi connectivity index (χ1) is 15.5. The molecule has 0 aliphatic heterocycles. The average Bonchev–Trinajstić information content (AvgIpc) is 3.22. The third-order valence-corrected chi connectivity index (χ3v) is 7.72. The van der Waals surface area contributed by atoms with Crippen LogP contribution in [-0.2, 0) is 14.4 Å². The molecule has 8 heteroatoms. The largest absolute Gasteiger partial charge is 0.392 e. The molecule has 2 unspecified atom stereocenters. The van der Waals surface area contributed by atoms with Gasteiger partial charge in [-0.15, -0.1) is 0 Å². The summed E-state index contributed by atoms with van der Waals surface area (Å²) in [6.07, 6.45) is 8.26. The lowest BCUT2D eigenvalue weighted by Crippen LogP contribution is -2.55. The van der Waals surface area contributed by atoms with Gasteiger partial charge in [0.1, 0.15) is 6.04 Å². The average molecular weight is 467 g/mol. The lowest BCUT2D eigenvalue weighted by molar-refractivity contribution is -0.137. The summed E-state index contributed by atoms with van der Waals surface area (Å²) in [4.78, 5) is 38.0. The van der Waals surface area contributed by atoms with E-state index in [1.54, 1.807) is 0 Å². The van der Waals surface area contributed by atoms with Crippen molar-refractivity contribution in [3.8, 4) is 0 Å². The third kappa shape index (κ3) is 7.76. The van der Waals surface area contributed by atoms with Crippen LogP contribution in [0.5, 0.6) is 0 Å². The summed E-state index contributed by atoms with van der Waals surface area (Å²) in [6, 6.07) is -1.68. The van der Waals surface area contributed by atoms with Crippen LogP contribution in [0, 0.1) is 29.6 Å². The summed E-state index contributed by atoms with van der Waals surface area (Å²) in [5.74, 6) is -0.826. The van der Waals surface area contributed by atoms with Gasteiger partial charge in [0.15, 0.2) is 0 Å². The van der Waals surface area contributed by atoms with Crippen LogP contribution in [0.25, 0.3) is 0 Å². The van der Waals surface area contributed by atoms with E-state index in [4.69, 9.17) is 11.5 Å². The van der Waals surface area contributed by atoms with Crippen LogP contribution >= 0.6 is 0 Å². The number of carbonyl (C=O) groups is 3. The molecule has 0 aromatic carbocycles. The Bertz CT molecular complexity index is 669. The zero-order valence-corrected chi connectivity index (χ0v) is 20.9. The van der Waals surface area contributed by atoms with Gasteiger partial charge in [-0.1, -0.05) is 47.0 Å². The van der Waals surface area contributed by atoms with Gasteiger partial charge in [-0.3, -0.25) is 19.7 Å². The van der Waals surface area contributed by atoms with E-state index in [9.17, 15) is 19.5 Å². The van der Waals surface area contributed by atoms with Crippen molar-refractivity contribution in [3.63, 3.8) is 0 Å². The Morgan fingerprint density at radius 2 is 1.52 bits per heavy atom. The van der Waals surface area contributed by atoms with Crippen molar-refractivity contribution < 1.29 is 19.5 Å². The lowest BCUT2D eigenvalue weighted by Gasteiger charge is -2.33. The van der Waals surface area contributed by atoms with E-state index in [0.29, 0.717) is 11.8 Å². The van der Waals surface area contributed by atoms with Gasteiger partial charge < -0.3 is 21.9 Å². The molecule has 0 radical (unpaired) electrons. The molecule has 7 atom stereocenters. The predicted octanol–water partition coefficient (Wildman–Crippen LogP) is 1.83. The van der Waals surface area contributed by atoms with E-state index in [-0.39, 0.29) is 29.7 Å². The van der Waals surface area contributed by atoms with Crippen molar-refractivity contribution in [2.24, 2.45) is 41.1 Å². The van der Waals surface area contributed by atoms with Gasteiger partial charge in [-0.25, -0.2) is 0 Å². The van der Waals surface area contributed by atoms with Crippen molar-refractivity contribution in [2.75, 3.05) is 0 Å². The monoisotopic (exact) mass is 466 g/mol. The van der Waals surface area contributed by atoms with Gasteiger partial charge in [-0.2, -0.15) is 0 Å². The predicted molar refractivity (Wildman–Crippen MR) is 129 cm³/mol. The maximum Gasteiger partial charge on any atom is 0.249 e. The fourth-order valence-electron chi connectivity index (χ4n) is 5.38. The van der Waals surface area contributed by atoms with Gasteiger partial charge in [0.25, 0.3) is 0 Å². The second-order valence-electron chi connectivity index (χ2n) is 10.9. The number of nitrogens with two attached hydrogens (primary N) is 2. The molecule has 3 amide bonds. The van der Waals surface area contributed by atoms with Gasteiger partial charge in [-0.05, 0) is 62.2 Å². The van der Waals surface area contributed by atoms with E-state index in [1.807, 2.05) is 27.7 Å². The molecular weight excluding hydrogens is 420 g/mol. The number of aliphatic hydroxyl groups is 1. The molecule has 2 rings (SSSR count). The van der Waals surface area contributed by atoms with Crippen molar-refractivity contribution in [3.05, 3.63) is 0 Å². The summed E-state index contributed by atoms with van der Waals surface area (Å²) in [7, 11) is 0. The number of imide groups is 1. The second kappa shape index (κ2) is 12.8. The number of hydrogen-bond acceptors (Lipinski definition) is 6. The Morgan fingerprint density at radius 3 is 2.15 bits per heavy atom. The molecule has 0 bridgehead atoms. The lowest BCUT2D eigenvalue weighted by atomic mass is 9.79. The Hall–Kier alpha value is -1.51. The zero-order valence-electron chi connectivity index (χ0n) is 20.9. The first-order valence-corrected chi connectivity index (χ1v) is 12.9. The Morgan fingerprint density at radius 1 is 0.909 bits per heavy atom. The summed E-state index contributed by atoms with van der Waals surface area (Å²) < 4.78 is 0. The van der Waals surface area contributed by atoms with Gasteiger partial charge in [0.2, 0.25) is 17.7 Å². The summed E-state index contributed by atoms with van der Waals surface area (Å²) in [5, 5.41) is 15.3. The number of hydrogen-bond donors (Lipinski definition) is 5. The molecule has 190 valence electrons. The van der Waals surface area contributed by atoms with Gasteiger partial charge in [0.05, 0.1) is 12.1 Å². The molecule has 33 heavy (non-hydrogen) atoms. The molecule has 0 aromatic rings. The van der Waals surface area contributed by atoms with E-state index in [2.05, 4.69) is 10.6 Å². The molecule has 2 aliphatic carbocycles. The fraction of sp³-hybridized carbons (Fsp3) is 0.880. The summed E-state index contributed by atoms with van der Waals surface area (Å²) in [5.41, 5.74) is 12.0. The first-order valence-electron chi connectivity index (χ1n) is 12.9. The molecular formula is C25H46N4O4. The van der Waals surface area contributed by atoms with Gasteiger partial charge in [0, 0.05) is 12.0 Å². The fourth-order valence-corrected chi connectivity index (χ4v) is 5.38. The number of nitrogens with one attached hydrogen (secondary N) is 2. The maximum atomic E-state index is 13.1. The smallest absolute Gasteiger partial charge is 0.249 e. The van der Waals surface area contributed by atoms with Crippen LogP contribution in [-0.4, -0.2) is 47.1 Å². The minimum atomic E-state index is -0.774. The minimum Gasteiger partial charge on any atom is -0.392 e. The van der Waals surface area contributed by atoms with Crippen molar-refractivity contribution in [2.45, 2.75) is 110 Å². The molecule has 2 aliphatic rings. The van der Waals surface area contributed by atoms with E-state index >= 15 is 0 Å². The highest BCUT2D eigenvalue weighted by molar-refractivity contribution is 6.01. The Labute approximate surface area is 199 Å². The molecule has 2 saturated carbocycles. The molecule has 7 N–H and O–H groups in total. The molecule has 0 saturated heterocycles. The van der Waals surface area contributed by atoms with Crippen LogP contribution in [0.3, 0.4) is 0 Å². The Kier molecular flexibility index (Phi) is 10.8. The highest BCUT2D eigenvalue weighted by atomic mass is 16.3. The summed E-state index contributed by atoms with van der Waals surface area (Å²) >= 11 is 0. The zero-order chi connectivity index (χ0) is 24.7. The minimum absolute atomic E-state index is 0.0874. The topological polar surface area (TPSA) is 148 Å². The molecule has 0 spiro atoms. The molecule has 8 nitrogen and oxygen atoms in total. The van der Waals surface area contributed by atoms with E-state index in [0.717, 1.165) is 57.8 Å². The number of amides is 3. The normalized spacial score (nSPS) is 29.7.